The maximum absolute atomic E-state index is 2.72. The number of aryl methyl sites for hydroxylation is 1. The van der Waals surface area contributed by atoms with Crippen molar-refractivity contribution >= 4 is 57.2 Å². The number of nitrogens with zero attached hydrogens (tertiary/aromatic N) is 2. The highest BCUT2D eigenvalue weighted by atomic mass is 15.2. The van der Waals surface area contributed by atoms with Crippen LogP contribution in [-0.2, 0) is 37.9 Å². The maximum atomic E-state index is 2.72. The Balaban J connectivity index is 1.24. The summed E-state index contributed by atoms with van der Waals surface area (Å²) in [6, 6.07) is 60.1. The van der Waals surface area contributed by atoms with Crippen LogP contribution >= 0.6 is 0 Å². The van der Waals surface area contributed by atoms with E-state index in [0.29, 0.717) is 0 Å². The Morgan fingerprint density at radius 2 is 0.724 bits per heavy atom. The summed E-state index contributed by atoms with van der Waals surface area (Å²) in [6.07, 6.45) is 0. The minimum absolute atomic E-state index is 0.0468. The van der Waals surface area contributed by atoms with Gasteiger partial charge in [0.25, 0.3) is 6.71 Å². The van der Waals surface area contributed by atoms with Gasteiger partial charge in [0, 0.05) is 55.7 Å². The Kier molecular flexibility index (Phi) is 10.7. The van der Waals surface area contributed by atoms with E-state index in [1.807, 2.05) is 0 Å². The van der Waals surface area contributed by atoms with Gasteiger partial charge in [0.15, 0.2) is 0 Å². The molecule has 2 aliphatic carbocycles. The van der Waals surface area contributed by atoms with Crippen LogP contribution in [0.2, 0.25) is 0 Å². The lowest BCUT2D eigenvalue weighted by Gasteiger charge is -2.49. The second-order valence-corrected chi connectivity index (χ2v) is 28.4. The van der Waals surface area contributed by atoms with E-state index in [-0.39, 0.29) is 44.6 Å². The van der Waals surface area contributed by atoms with Gasteiger partial charge in [0.2, 0.25) is 0 Å². The quantitative estimate of drug-likeness (QED) is 0.163. The Morgan fingerprint density at radius 3 is 1.21 bits per heavy atom. The van der Waals surface area contributed by atoms with Gasteiger partial charge < -0.3 is 9.80 Å². The number of hydrogen-bond acceptors (Lipinski definition) is 2. The summed E-state index contributed by atoms with van der Waals surface area (Å²) in [4.78, 5) is 5.43. The summed E-state index contributed by atoms with van der Waals surface area (Å²) < 4.78 is 0. The summed E-state index contributed by atoms with van der Waals surface area (Å²) in [5, 5.41) is 0. The monoisotopic (exact) mass is 995 g/mol. The second-order valence-electron chi connectivity index (χ2n) is 28.4. The molecule has 0 unspecified atom stereocenters. The Hall–Kier alpha value is -6.58. The topological polar surface area (TPSA) is 6.48 Å². The van der Waals surface area contributed by atoms with E-state index in [4.69, 9.17) is 0 Å². The van der Waals surface area contributed by atoms with Gasteiger partial charge in [-0.1, -0.05) is 227 Å². The molecule has 0 N–H and O–H groups in total. The molecule has 3 heteroatoms. The molecule has 2 heterocycles. The first-order valence-electron chi connectivity index (χ1n) is 28.2. The van der Waals surface area contributed by atoms with Crippen molar-refractivity contribution in [3.63, 3.8) is 0 Å². The zero-order chi connectivity index (χ0) is 54.2. The van der Waals surface area contributed by atoms with Crippen molar-refractivity contribution in [3.8, 4) is 11.1 Å². The SMILES string of the molecule is Cc1cc2c(cc1N1c3ccc(C(C)(C)C)cc3B3c4cc5c(cc4N(c4ccc(C(C)(C)C)cc4-c4ccccc4)c4cc(C(C)(C)C)cc1c43)C(C)(C)c1ccccc1C5(C)C)C(C)(C)c1ccccc1C2(C)C. The molecule has 0 aromatic heterocycles. The molecule has 76 heavy (non-hydrogen) atoms. The molecule has 12 rings (SSSR count). The predicted molar refractivity (Wildman–Crippen MR) is 328 cm³/mol. The standard InChI is InChI=1S/C73H79BN2/c1-44-36-54-56(72(15,16)52-30-24-22-28-50(52)70(54,11)12)42-62(44)76-61-35-33-47(68(5,6)7)38-58(61)74-59-41-55-57(73(17,18)53-31-25-23-29-51(53)71(55,13)14)43-63(59)75(64-39-48(69(8,9)10)40-65(76)66(64)74)60-34-32-46(67(2,3)4)37-49(60)45-26-20-19-21-27-45/h19-43H,1-18H3. The third kappa shape index (κ3) is 7.19. The van der Waals surface area contributed by atoms with Crippen molar-refractivity contribution < 1.29 is 0 Å². The number of rotatable bonds is 3. The van der Waals surface area contributed by atoms with Crippen LogP contribution in [0.1, 0.15) is 184 Å². The van der Waals surface area contributed by atoms with E-state index >= 15 is 0 Å². The lowest BCUT2D eigenvalue weighted by Crippen LogP contribution is -2.62. The molecular weight excluding hydrogens is 916 g/mol. The van der Waals surface area contributed by atoms with E-state index < -0.39 is 0 Å². The van der Waals surface area contributed by atoms with E-state index in [1.54, 1.807) is 0 Å². The Labute approximate surface area is 456 Å². The molecule has 8 aromatic carbocycles. The molecule has 0 atom stereocenters. The predicted octanol–water partition coefficient (Wildman–Crippen LogP) is 17.6. The van der Waals surface area contributed by atoms with Gasteiger partial charge in [0.05, 0.1) is 5.69 Å². The minimum Gasteiger partial charge on any atom is -0.311 e. The summed E-state index contributed by atoms with van der Waals surface area (Å²) in [7, 11) is 0. The number of hydrogen-bond donors (Lipinski definition) is 0. The molecule has 0 radical (unpaired) electrons. The molecule has 0 saturated carbocycles. The normalized spacial score (nSPS) is 17.2. The zero-order valence-electron chi connectivity index (χ0n) is 48.9. The van der Waals surface area contributed by atoms with Gasteiger partial charge in [-0.05, 0) is 154 Å². The van der Waals surface area contributed by atoms with E-state index in [1.165, 1.54) is 128 Å². The highest BCUT2D eigenvalue weighted by Crippen LogP contribution is 2.56. The van der Waals surface area contributed by atoms with Crippen LogP contribution in [0.15, 0.2) is 152 Å². The van der Waals surface area contributed by atoms with Crippen LogP contribution in [-0.4, -0.2) is 6.71 Å². The van der Waals surface area contributed by atoms with E-state index in [0.717, 1.165) is 0 Å². The van der Waals surface area contributed by atoms with Crippen LogP contribution in [0.5, 0.6) is 0 Å². The molecule has 0 fully saturated rings. The molecule has 0 bridgehead atoms. The molecule has 2 aliphatic heterocycles. The minimum atomic E-state index is -0.243. The van der Waals surface area contributed by atoms with Crippen molar-refractivity contribution in [2.75, 3.05) is 9.80 Å². The van der Waals surface area contributed by atoms with Gasteiger partial charge in [-0.15, -0.1) is 0 Å². The molecule has 4 aliphatic rings. The van der Waals surface area contributed by atoms with Gasteiger partial charge in [-0.3, -0.25) is 0 Å². The van der Waals surface area contributed by atoms with Crippen molar-refractivity contribution in [3.05, 3.63) is 218 Å². The third-order valence-electron chi connectivity index (χ3n) is 18.9. The molecule has 8 aromatic rings. The second kappa shape index (κ2) is 16.2. The first-order chi connectivity index (χ1) is 35.5. The summed E-state index contributed by atoms with van der Waals surface area (Å²) >= 11 is 0. The molecule has 0 amide bonds. The molecule has 384 valence electrons. The molecule has 0 spiro atoms. The third-order valence-corrected chi connectivity index (χ3v) is 18.9. The average Bonchev–Trinajstić information content (AvgIpc) is 3.40. The Bertz CT molecular complexity index is 3730. The fraction of sp³-hybridized carbons (Fsp3) is 0.342. The van der Waals surface area contributed by atoms with Gasteiger partial charge in [-0.2, -0.15) is 0 Å². The fourth-order valence-electron chi connectivity index (χ4n) is 14.2. The number of benzene rings is 8. The first-order valence-corrected chi connectivity index (χ1v) is 28.2. The molecular formula is C73H79BN2. The van der Waals surface area contributed by atoms with Crippen molar-refractivity contribution in [1.29, 1.82) is 0 Å². The first kappa shape index (κ1) is 50.3. The average molecular weight is 995 g/mol. The van der Waals surface area contributed by atoms with Crippen molar-refractivity contribution in [1.82, 2.24) is 0 Å². The molecule has 2 nitrogen and oxygen atoms in total. The van der Waals surface area contributed by atoms with Crippen LogP contribution in [0, 0.1) is 6.92 Å². The van der Waals surface area contributed by atoms with Gasteiger partial charge in [-0.25, -0.2) is 0 Å². The maximum Gasteiger partial charge on any atom is 0.252 e. The van der Waals surface area contributed by atoms with Gasteiger partial charge in [0.1, 0.15) is 0 Å². The summed E-state index contributed by atoms with van der Waals surface area (Å²) in [6.45, 7) is 43.3. The Morgan fingerprint density at radius 1 is 0.329 bits per heavy atom. The van der Waals surface area contributed by atoms with Crippen LogP contribution < -0.4 is 26.2 Å². The van der Waals surface area contributed by atoms with Crippen LogP contribution in [0.3, 0.4) is 0 Å². The summed E-state index contributed by atoms with van der Waals surface area (Å²) in [5.41, 5.74) is 29.6. The fourth-order valence-corrected chi connectivity index (χ4v) is 14.2. The van der Waals surface area contributed by atoms with Crippen molar-refractivity contribution in [2.24, 2.45) is 0 Å². The van der Waals surface area contributed by atoms with Crippen LogP contribution in [0.4, 0.5) is 34.1 Å². The smallest absolute Gasteiger partial charge is 0.252 e. The summed E-state index contributed by atoms with van der Waals surface area (Å²) in [5.74, 6) is 0. The van der Waals surface area contributed by atoms with E-state index in [2.05, 4.69) is 286 Å². The number of anilines is 6. The molecule has 0 saturated heterocycles. The largest absolute Gasteiger partial charge is 0.311 e. The van der Waals surface area contributed by atoms with Crippen LogP contribution in [0.25, 0.3) is 11.1 Å². The highest BCUT2D eigenvalue weighted by molar-refractivity contribution is 7.00. The lowest BCUT2D eigenvalue weighted by molar-refractivity contribution is 0.520. The lowest BCUT2D eigenvalue weighted by atomic mass is 9.32. The zero-order valence-corrected chi connectivity index (χ0v) is 48.9. The number of fused-ring (bicyclic) bond motifs is 8. The van der Waals surface area contributed by atoms with Crippen molar-refractivity contribution in [2.45, 2.75) is 163 Å². The van der Waals surface area contributed by atoms with Gasteiger partial charge >= 0.3 is 0 Å². The van der Waals surface area contributed by atoms with E-state index in [9.17, 15) is 0 Å². The highest BCUT2D eigenvalue weighted by Gasteiger charge is 2.50.